The first-order valence-corrected chi connectivity index (χ1v) is 8.69. The molecule has 1 unspecified atom stereocenters. The largest absolute Gasteiger partial charge is 0.306 e. The van der Waals surface area contributed by atoms with E-state index in [1.54, 1.807) is 11.3 Å². The number of aromatic nitrogens is 1. The average molecular weight is 341 g/mol. The Hall–Kier alpha value is -0.360. The van der Waals surface area contributed by atoms with Crippen LogP contribution in [0.3, 0.4) is 0 Å². The summed E-state index contributed by atoms with van der Waals surface area (Å²) in [6, 6.07) is 8.66. The molecule has 1 aliphatic heterocycles. The van der Waals surface area contributed by atoms with Gasteiger partial charge in [0.15, 0.2) is 0 Å². The first-order chi connectivity index (χ1) is 8.84. The molecule has 1 atom stereocenters. The van der Waals surface area contributed by atoms with Crippen molar-refractivity contribution in [2.24, 2.45) is 0 Å². The van der Waals surface area contributed by atoms with Crippen molar-refractivity contribution in [2.75, 3.05) is 18.1 Å². The molecule has 2 heterocycles. The Labute approximate surface area is 123 Å². The molecule has 1 N–H and O–H groups in total. The number of nitrogens with zero attached hydrogens (tertiary/aromatic N) is 1. The fraction of sp³-hybridized carbons (Fsp3) is 0.308. The predicted molar refractivity (Wildman–Crippen MR) is 83.3 cm³/mol. The zero-order chi connectivity index (χ0) is 12.4. The van der Waals surface area contributed by atoms with Crippen LogP contribution >= 0.6 is 39.0 Å². The number of rotatable bonds is 2. The van der Waals surface area contributed by atoms with Crippen molar-refractivity contribution < 1.29 is 0 Å². The lowest BCUT2D eigenvalue weighted by atomic mass is 10.2. The van der Waals surface area contributed by atoms with Crippen LogP contribution in [-0.4, -0.2) is 23.0 Å². The summed E-state index contributed by atoms with van der Waals surface area (Å²) in [5.41, 5.74) is 2.24. The van der Waals surface area contributed by atoms with E-state index < -0.39 is 0 Å². The molecule has 1 saturated heterocycles. The number of thioether (sulfide) groups is 1. The van der Waals surface area contributed by atoms with Gasteiger partial charge in [-0.2, -0.15) is 11.8 Å². The van der Waals surface area contributed by atoms with Crippen LogP contribution in [0.4, 0.5) is 0 Å². The summed E-state index contributed by atoms with van der Waals surface area (Å²) in [6.45, 7) is 1.08. The van der Waals surface area contributed by atoms with E-state index in [1.807, 2.05) is 23.9 Å². The second-order valence-electron chi connectivity index (χ2n) is 4.13. The highest BCUT2D eigenvalue weighted by Crippen LogP contribution is 2.32. The van der Waals surface area contributed by atoms with Crippen molar-refractivity contribution in [1.29, 1.82) is 0 Å². The molecule has 2 nitrogen and oxygen atoms in total. The van der Waals surface area contributed by atoms with Gasteiger partial charge in [0.05, 0.1) is 11.7 Å². The van der Waals surface area contributed by atoms with Crippen LogP contribution in [0.2, 0.25) is 0 Å². The summed E-state index contributed by atoms with van der Waals surface area (Å²) in [5, 5.41) is 6.88. The standard InChI is InChI=1S/C13H13BrN2S2/c14-10-4-2-1-3-9(10)11-8-18-13(16-11)12-7-17-6-5-15-12/h1-4,8,12,15H,5-7H2. The molecule has 0 bridgehead atoms. The van der Waals surface area contributed by atoms with E-state index >= 15 is 0 Å². The minimum Gasteiger partial charge on any atom is -0.306 e. The van der Waals surface area contributed by atoms with Crippen molar-refractivity contribution in [3.8, 4) is 11.3 Å². The zero-order valence-corrected chi connectivity index (χ0v) is 12.9. The molecule has 0 spiro atoms. The predicted octanol–water partition coefficient (Wildman–Crippen LogP) is 3.95. The molecule has 0 radical (unpaired) electrons. The Kier molecular flexibility index (Phi) is 4.03. The number of benzene rings is 1. The lowest BCUT2D eigenvalue weighted by Crippen LogP contribution is -2.30. The second kappa shape index (κ2) is 5.74. The van der Waals surface area contributed by atoms with Crippen LogP contribution in [-0.2, 0) is 0 Å². The number of thiazole rings is 1. The maximum absolute atomic E-state index is 4.78. The molecule has 2 aromatic rings. The van der Waals surface area contributed by atoms with Gasteiger partial charge in [0.25, 0.3) is 0 Å². The van der Waals surface area contributed by atoms with E-state index in [4.69, 9.17) is 4.98 Å². The van der Waals surface area contributed by atoms with Gasteiger partial charge in [-0.05, 0) is 6.07 Å². The summed E-state index contributed by atoms with van der Waals surface area (Å²) >= 11 is 7.34. The molecule has 5 heteroatoms. The Morgan fingerprint density at radius 2 is 2.22 bits per heavy atom. The number of hydrogen-bond donors (Lipinski definition) is 1. The van der Waals surface area contributed by atoms with Gasteiger partial charge in [-0.25, -0.2) is 4.98 Å². The van der Waals surface area contributed by atoms with Crippen molar-refractivity contribution in [3.05, 3.63) is 39.1 Å². The number of nitrogens with one attached hydrogen (secondary N) is 1. The summed E-state index contributed by atoms with van der Waals surface area (Å²) in [5.74, 6) is 2.34. The van der Waals surface area contributed by atoms with Crippen LogP contribution < -0.4 is 5.32 Å². The van der Waals surface area contributed by atoms with Crippen LogP contribution in [0.5, 0.6) is 0 Å². The summed E-state index contributed by atoms with van der Waals surface area (Å²) < 4.78 is 1.10. The Morgan fingerprint density at radius 1 is 1.33 bits per heavy atom. The van der Waals surface area contributed by atoms with Crippen LogP contribution in [0.1, 0.15) is 11.0 Å². The maximum Gasteiger partial charge on any atom is 0.111 e. The molecule has 1 aromatic carbocycles. The third-order valence-corrected chi connectivity index (χ3v) is 5.60. The third kappa shape index (κ3) is 2.64. The highest BCUT2D eigenvalue weighted by atomic mass is 79.9. The summed E-state index contributed by atoms with van der Waals surface area (Å²) in [7, 11) is 0. The zero-order valence-electron chi connectivity index (χ0n) is 9.73. The second-order valence-corrected chi connectivity index (χ2v) is 7.03. The molecular formula is C13H13BrN2S2. The molecule has 1 aliphatic rings. The van der Waals surface area contributed by atoms with Gasteiger partial charge in [0.1, 0.15) is 5.01 Å². The van der Waals surface area contributed by atoms with E-state index in [1.165, 1.54) is 16.3 Å². The van der Waals surface area contributed by atoms with E-state index in [0.717, 1.165) is 22.5 Å². The molecule has 0 saturated carbocycles. The number of halogens is 1. The highest BCUT2D eigenvalue weighted by Gasteiger charge is 2.19. The van der Waals surface area contributed by atoms with E-state index in [-0.39, 0.29) is 0 Å². The lowest BCUT2D eigenvalue weighted by molar-refractivity contribution is 0.592. The molecular weight excluding hydrogens is 328 g/mol. The molecule has 0 amide bonds. The van der Waals surface area contributed by atoms with Crippen LogP contribution in [0, 0.1) is 0 Å². The van der Waals surface area contributed by atoms with Crippen molar-refractivity contribution in [1.82, 2.24) is 10.3 Å². The van der Waals surface area contributed by atoms with Gasteiger partial charge in [0, 0.05) is 33.5 Å². The van der Waals surface area contributed by atoms with Crippen molar-refractivity contribution in [2.45, 2.75) is 6.04 Å². The molecule has 18 heavy (non-hydrogen) atoms. The molecule has 1 aromatic heterocycles. The van der Waals surface area contributed by atoms with Crippen molar-refractivity contribution in [3.63, 3.8) is 0 Å². The van der Waals surface area contributed by atoms with Crippen LogP contribution in [0.25, 0.3) is 11.3 Å². The van der Waals surface area contributed by atoms with Crippen molar-refractivity contribution >= 4 is 39.0 Å². The highest BCUT2D eigenvalue weighted by molar-refractivity contribution is 9.10. The van der Waals surface area contributed by atoms with Gasteiger partial charge in [-0.15, -0.1) is 11.3 Å². The average Bonchev–Trinajstić information content (AvgIpc) is 2.90. The van der Waals surface area contributed by atoms with E-state index in [9.17, 15) is 0 Å². The normalized spacial score (nSPS) is 19.9. The topological polar surface area (TPSA) is 24.9 Å². The molecule has 1 fully saturated rings. The fourth-order valence-electron chi connectivity index (χ4n) is 1.96. The Balaban J connectivity index is 1.87. The van der Waals surface area contributed by atoms with Gasteiger partial charge >= 0.3 is 0 Å². The fourth-order valence-corrected chi connectivity index (χ4v) is 4.39. The third-order valence-electron chi connectivity index (χ3n) is 2.89. The Morgan fingerprint density at radius 3 is 3.00 bits per heavy atom. The first kappa shape index (κ1) is 12.7. The summed E-state index contributed by atoms with van der Waals surface area (Å²) in [4.78, 5) is 4.78. The lowest BCUT2D eigenvalue weighted by Gasteiger charge is -2.20. The number of hydrogen-bond acceptors (Lipinski definition) is 4. The molecule has 0 aliphatic carbocycles. The quantitative estimate of drug-likeness (QED) is 0.895. The Bertz CT molecular complexity index is 535. The SMILES string of the molecule is Brc1ccccc1-c1csc(C2CSCCN2)n1. The van der Waals surface area contributed by atoms with E-state index in [2.05, 4.69) is 38.8 Å². The van der Waals surface area contributed by atoms with Gasteiger partial charge in [-0.1, -0.05) is 34.1 Å². The minimum atomic E-state index is 0.421. The van der Waals surface area contributed by atoms with Gasteiger partial charge < -0.3 is 5.32 Å². The smallest absolute Gasteiger partial charge is 0.111 e. The maximum atomic E-state index is 4.78. The van der Waals surface area contributed by atoms with Gasteiger partial charge in [-0.3, -0.25) is 0 Å². The minimum absolute atomic E-state index is 0.421. The monoisotopic (exact) mass is 340 g/mol. The molecule has 94 valence electrons. The van der Waals surface area contributed by atoms with Crippen LogP contribution in [0.15, 0.2) is 34.1 Å². The molecule has 3 rings (SSSR count). The first-order valence-electron chi connectivity index (χ1n) is 5.86. The van der Waals surface area contributed by atoms with Gasteiger partial charge in [0.2, 0.25) is 0 Å². The summed E-state index contributed by atoms with van der Waals surface area (Å²) in [6.07, 6.45) is 0. The van der Waals surface area contributed by atoms with E-state index in [0.29, 0.717) is 6.04 Å².